The van der Waals surface area contributed by atoms with Gasteiger partial charge in [-0.1, -0.05) is 30.3 Å². The summed E-state index contributed by atoms with van der Waals surface area (Å²) < 4.78 is 38.1. The highest BCUT2D eigenvalue weighted by molar-refractivity contribution is 6.01. The van der Waals surface area contributed by atoms with Crippen LogP contribution in [0.25, 0.3) is 0 Å². The molecule has 1 heterocycles. The summed E-state index contributed by atoms with van der Waals surface area (Å²) in [5, 5.41) is 0. The zero-order chi connectivity index (χ0) is 15.0. The first-order valence-electron chi connectivity index (χ1n) is 6.49. The smallest absolute Gasteiger partial charge is 0.307 e. The minimum Gasteiger partial charge on any atom is -0.307 e. The molecule has 108 valence electrons. The molecule has 0 saturated carbocycles. The Kier molecular flexibility index (Phi) is 3.20. The summed E-state index contributed by atoms with van der Waals surface area (Å²) in [6.07, 6.45) is -4.07. The lowest BCUT2D eigenvalue weighted by Crippen LogP contribution is -2.26. The Morgan fingerprint density at radius 1 is 1.05 bits per heavy atom. The average Bonchev–Trinajstić information content (AvgIpc) is 2.75. The summed E-state index contributed by atoms with van der Waals surface area (Å²) in [5.41, 5.74) is 1.46. The molecule has 0 atom stereocenters. The Hall–Kier alpha value is -2.30. The fraction of sp³-hybridized carbons (Fsp3) is 0.188. The maximum Gasteiger partial charge on any atom is 0.416 e. The quantitative estimate of drug-likeness (QED) is 0.824. The molecular formula is C16H12F3NO. The number of anilines is 1. The predicted octanol–water partition coefficient (Wildman–Crippen LogP) is 3.79. The molecule has 21 heavy (non-hydrogen) atoms. The van der Waals surface area contributed by atoms with Crippen molar-refractivity contribution in [1.82, 2.24) is 0 Å². The van der Waals surface area contributed by atoms with Gasteiger partial charge in [-0.15, -0.1) is 0 Å². The van der Waals surface area contributed by atoms with Gasteiger partial charge in [0.15, 0.2) is 0 Å². The number of fused-ring (bicyclic) bond motifs is 1. The molecular weight excluding hydrogens is 279 g/mol. The molecule has 0 saturated heterocycles. The van der Waals surface area contributed by atoms with Crippen LogP contribution >= 0.6 is 0 Å². The van der Waals surface area contributed by atoms with Gasteiger partial charge in [0.1, 0.15) is 0 Å². The maximum absolute atomic E-state index is 12.7. The van der Waals surface area contributed by atoms with Crippen molar-refractivity contribution in [3.05, 3.63) is 65.2 Å². The Labute approximate surface area is 119 Å². The summed E-state index contributed by atoms with van der Waals surface area (Å²) in [4.78, 5) is 13.6. The third-order valence-electron chi connectivity index (χ3n) is 3.52. The second-order valence-corrected chi connectivity index (χ2v) is 4.98. The fourth-order valence-electron chi connectivity index (χ4n) is 2.52. The van der Waals surface area contributed by atoms with Crippen molar-refractivity contribution in [2.75, 3.05) is 4.90 Å². The molecule has 2 aromatic rings. The van der Waals surface area contributed by atoms with E-state index in [9.17, 15) is 18.0 Å². The maximum atomic E-state index is 12.7. The number of para-hydroxylation sites is 1. The second kappa shape index (κ2) is 4.91. The molecule has 0 fully saturated rings. The number of rotatable bonds is 2. The Bertz CT molecular complexity index is 694. The minimum atomic E-state index is -4.37. The van der Waals surface area contributed by atoms with Crippen molar-refractivity contribution in [3.63, 3.8) is 0 Å². The number of benzene rings is 2. The van der Waals surface area contributed by atoms with Crippen LogP contribution in [0.5, 0.6) is 0 Å². The van der Waals surface area contributed by atoms with E-state index in [2.05, 4.69) is 0 Å². The summed E-state index contributed by atoms with van der Waals surface area (Å²) in [5.74, 6) is -0.0892. The van der Waals surface area contributed by atoms with Crippen LogP contribution in [0.3, 0.4) is 0 Å². The Morgan fingerprint density at radius 3 is 2.57 bits per heavy atom. The average molecular weight is 291 g/mol. The van der Waals surface area contributed by atoms with E-state index < -0.39 is 11.7 Å². The molecule has 0 bridgehead atoms. The van der Waals surface area contributed by atoms with E-state index in [1.54, 1.807) is 6.07 Å². The highest BCUT2D eigenvalue weighted by Crippen LogP contribution is 2.32. The van der Waals surface area contributed by atoms with E-state index in [4.69, 9.17) is 0 Å². The van der Waals surface area contributed by atoms with Crippen molar-refractivity contribution < 1.29 is 18.0 Å². The summed E-state index contributed by atoms with van der Waals surface area (Å²) in [6.45, 7) is 0.153. The summed E-state index contributed by atoms with van der Waals surface area (Å²) in [6, 6.07) is 12.4. The van der Waals surface area contributed by atoms with Crippen molar-refractivity contribution in [2.24, 2.45) is 0 Å². The SMILES string of the molecule is O=C1Cc2ccccc2N1Cc1cccc(C(F)(F)F)c1. The molecule has 0 spiro atoms. The lowest BCUT2D eigenvalue weighted by Gasteiger charge is -2.18. The fourth-order valence-corrected chi connectivity index (χ4v) is 2.52. The number of hydrogen-bond acceptors (Lipinski definition) is 1. The standard InChI is InChI=1S/C16H12F3NO/c17-16(18,19)13-6-3-4-11(8-13)10-20-14-7-2-1-5-12(14)9-15(20)21/h1-8H,9-10H2. The first kappa shape index (κ1) is 13.7. The summed E-state index contributed by atoms with van der Waals surface area (Å²) in [7, 11) is 0. The lowest BCUT2D eigenvalue weighted by molar-refractivity contribution is -0.137. The van der Waals surface area contributed by atoms with Gasteiger partial charge in [-0.3, -0.25) is 4.79 Å². The molecule has 0 unspecified atom stereocenters. The Balaban J connectivity index is 1.89. The molecule has 0 aliphatic carbocycles. The van der Waals surface area contributed by atoms with Crippen LogP contribution < -0.4 is 4.90 Å². The van der Waals surface area contributed by atoms with E-state index in [1.165, 1.54) is 11.0 Å². The van der Waals surface area contributed by atoms with Gasteiger partial charge in [0.2, 0.25) is 5.91 Å². The molecule has 1 aliphatic heterocycles. The topological polar surface area (TPSA) is 20.3 Å². The van der Waals surface area contributed by atoms with Gasteiger partial charge < -0.3 is 4.90 Å². The molecule has 2 aromatic carbocycles. The first-order chi connectivity index (χ1) is 9.95. The van der Waals surface area contributed by atoms with Crippen molar-refractivity contribution in [1.29, 1.82) is 0 Å². The molecule has 1 amide bonds. The highest BCUT2D eigenvalue weighted by atomic mass is 19.4. The third-order valence-corrected chi connectivity index (χ3v) is 3.52. The van der Waals surface area contributed by atoms with E-state index in [-0.39, 0.29) is 12.5 Å². The van der Waals surface area contributed by atoms with Gasteiger partial charge in [-0.2, -0.15) is 13.2 Å². The van der Waals surface area contributed by atoms with Crippen LogP contribution in [-0.2, 0) is 23.9 Å². The normalized spacial score (nSPS) is 14.4. The van der Waals surface area contributed by atoms with Crippen LogP contribution in [0.4, 0.5) is 18.9 Å². The highest BCUT2D eigenvalue weighted by Gasteiger charge is 2.31. The largest absolute Gasteiger partial charge is 0.416 e. The molecule has 5 heteroatoms. The minimum absolute atomic E-state index is 0.0892. The van der Waals surface area contributed by atoms with E-state index in [1.807, 2.05) is 24.3 Å². The number of carbonyl (C=O) groups is 1. The predicted molar refractivity (Wildman–Crippen MR) is 72.8 cm³/mol. The van der Waals surface area contributed by atoms with Gasteiger partial charge in [-0.25, -0.2) is 0 Å². The van der Waals surface area contributed by atoms with Gasteiger partial charge in [0.25, 0.3) is 0 Å². The zero-order valence-electron chi connectivity index (χ0n) is 11.0. The number of hydrogen-bond donors (Lipinski definition) is 0. The molecule has 2 nitrogen and oxygen atoms in total. The number of carbonyl (C=O) groups excluding carboxylic acids is 1. The van der Waals surface area contributed by atoms with Crippen LogP contribution in [-0.4, -0.2) is 5.91 Å². The number of alkyl halides is 3. The van der Waals surface area contributed by atoms with E-state index in [0.29, 0.717) is 12.0 Å². The van der Waals surface area contributed by atoms with E-state index in [0.717, 1.165) is 23.4 Å². The van der Waals surface area contributed by atoms with Crippen LogP contribution in [0.15, 0.2) is 48.5 Å². The monoisotopic (exact) mass is 291 g/mol. The van der Waals surface area contributed by atoms with Crippen LogP contribution in [0.1, 0.15) is 16.7 Å². The summed E-state index contributed by atoms with van der Waals surface area (Å²) >= 11 is 0. The van der Waals surface area contributed by atoms with Gasteiger partial charge >= 0.3 is 6.18 Å². The molecule has 3 rings (SSSR count). The molecule has 0 N–H and O–H groups in total. The zero-order valence-corrected chi connectivity index (χ0v) is 11.0. The number of halogens is 3. The van der Waals surface area contributed by atoms with Crippen LogP contribution in [0, 0.1) is 0 Å². The number of amides is 1. The van der Waals surface area contributed by atoms with Gasteiger partial charge in [0, 0.05) is 5.69 Å². The van der Waals surface area contributed by atoms with Gasteiger partial charge in [-0.05, 0) is 29.3 Å². The molecule has 0 radical (unpaired) electrons. The molecule has 1 aliphatic rings. The molecule has 0 aromatic heterocycles. The van der Waals surface area contributed by atoms with Crippen molar-refractivity contribution >= 4 is 11.6 Å². The second-order valence-electron chi connectivity index (χ2n) is 4.98. The number of nitrogens with zero attached hydrogens (tertiary/aromatic N) is 1. The van der Waals surface area contributed by atoms with E-state index >= 15 is 0 Å². The Morgan fingerprint density at radius 2 is 1.81 bits per heavy atom. The van der Waals surface area contributed by atoms with Crippen molar-refractivity contribution in [3.8, 4) is 0 Å². The third kappa shape index (κ3) is 2.63. The van der Waals surface area contributed by atoms with Gasteiger partial charge in [0.05, 0.1) is 18.5 Å². The first-order valence-corrected chi connectivity index (χ1v) is 6.49. The van der Waals surface area contributed by atoms with Crippen molar-refractivity contribution in [2.45, 2.75) is 19.1 Å². The van der Waals surface area contributed by atoms with Crippen LogP contribution in [0.2, 0.25) is 0 Å². The lowest BCUT2D eigenvalue weighted by atomic mass is 10.1.